The van der Waals surface area contributed by atoms with Crippen molar-refractivity contribution in [3.63, 3.8) is 0 Å². The SMILES string of the molecule is COC(=O)CCCC=CC[C@H]1C(=O)CC[C@@H]1c1ccc(C2(O)CCC2)cc1. The van der Waals surface area contributed by atoms with E-state index in [9.17, 15) is 14.7 Å². The molecule has 0 spiro atoms. The van der Waals surface area contributed by atoms with Crippen LogP contribution in [0.1, 0.15) is 74.8 Å². The van der Waals surface area contributed by atoms with Crippen molar-refractivity contribution in [2.24, 2.45) is 5.92 Å². The minimum Gasteiger partial charge on any atom is -0.469 e. The van der Waals surface area contributed by atoms with Gasteiger partial charge in [0.1, 0.15) is 5.78 Å². The lowest BCUT2D eigenvalue weighted by Crippen LogP contribution is -2.33. The molecule has 27 heavy (non-hydrogen) atoms. The maximum Gasteiger partial charge on any atom is 0.305 e. The second kappa shape index (κ2) is 8.83. The number of esters is 1. The topological polar surface area (TPSA) is 63.6 Å². The molecule has 0 amide bonds. The maximum atomic E-state index is 12.4. The third-order valence-corrected chi connectivity index (χ3v) is 6.19. The summed E-state index contributed by atoms with van der Waals surface area (Å²) in [7, 11) is 1.41. The number of unbranched alkanes of at least 4 members (excludes halogenated alkanes) is 1. The van der Waals surface area contributed by atoms with Crippen LogP contribution >= 0.6 is 0 Å². The molecule has 1 aromatic rings. The molecule has 0 bridgehead atoms. The van der Waals surface area contributed by atoms with Crippen LogP contribution in [0.25, 0.3) is 0 Å². The molecule has 1 N–H and O–H groups in total. The standard InChI is InChI=1S/C23H30O4/c1-27-22(25)8-5-3-2-4-7-20-19(13-14-21(20)24)17-9-11-18(12-10-17)23(26)15-6-16-23/h2,4,9-12,19-20,26H,3,5-8,13-16H2,1H3/t19-,20-/m1/s1. The molecule has 2 atom stereocenters. The van der Waals surface area contributed by atoms with Gasteiger partial charge in [-0.1, -0.05) is 36.4 Å². The Kier molecular flexibility index (Phi) is 6.48. The Bertz CT molecular complexity index is 685. The molecule has 0 heterocycles. The Hall–Kier alpha value is -1.94. The van der Waals surface area contributed by atoms with Gasteiger partial charge < -0.3 is 9.84 Å². The molecule has 0 saturated heterocycles. The quantitative estimate of drug-likeness (QED) is 0.418. The van der Waals surface area contributed by atoms with Crippen LogP contribution in [0.15, 0.2) is 36.4 Å². The Morgan fingerprint density at radius 3 is 2.63 bits per heavy atom. The molecule has 2 aliphatic carbocycles. The van der Waals surface area contributed by atoms with Crippen LogP contribution in [0.5, 0.6) is 0 Å². The van der Waals surface area contributed by atoms with Crippen molar-refractivity contribution in [1.82, 2.24) is 0 Å². The lowest BCUT2D eigenvalue weighted by molar-refractivity contribution is -0.140. The third-order valence-electron chi connectivity index (χ3n) is 6.19. The number of aliphatic hydroxyl groups is 1. The second-order valence-corrected chi connectivity index (χ2v) is 7.90. The summed E-state index contributed by atoms with van der Waals surface area (Å²) in [4.78, 5) is 23.5. The summed E-state index contributed by atoms with van der Waals surface area (Å²) in [6.45, 7) is 0. The van der Waals surface area contributed by atoms with Crippen molar-refractivity contribution in [1.29, 1.82) is 0 Å². The zero-order chi connectivity index (χ0) is 19.3. The Balaban J connectivity index is 1.55. The first-order valence-electron chi connectivity index (χ1n) is 10.1. The zero-order valence-corrected chi connectivity index (χ0v) is 16.2. The van der Waals surface area contributed by atoms with Gasteiger partial charge >= 0.3 is 5.97 Å². The highest BCUT2D eigenvalue weighted by Gasteiger charge is 2.37. The monoisotopic (exact) mass is 370 g/mol. The summed E-state index contributed by atoms with van der Waals surface area (Å²) < 4.78 is 4.63. The molecule has 146 valence electrons. The highest BCUT2D eigenvalue weighted by Crippen LogP contribution is 2.43. The normalized spacial score (nSPS) is 24.1. The summed E-state index contributed by atoms with van der Waals surface area (Å²) in [6.07, 6.45) is 11.3. The van der Waals surface area contributed by atoms with Gasteiger partial charge in [-0.15, -0.1) is 0 Å². The minimum atomic E-state index is -0.629. The molecule has 2 saturated carbocycles. The van der Waals surface area contributed by atoms with Crippen molar-refractivity contribution in [2.45, 2.75) is 69.3 Å². The van der Waals surface area contributed by atoms with Crippen LogP contribution in [0.3, 0.4) is 0 Å². The van der Waals surface area contributed by atoms with Crippen molar-refractivity contribution in [2.75, 3.05) is 7.11 Å². The first-order valence-corrected chi connectivity index (χ1v) is 10.1. The lowest BCUT2D eigenvalue weighted by Gasteiger charge is -2.37. The highest BCUT2D eigenvalue weighted by molar-refractivity contribution is 5.84. The average molecular weight is 370 g/mol. The van der Waals surface area contributed by atoms with E-state index in [0.717, 1.165) is 50.5 Å². The van der Waals surface area contributed by atoms with Crippen LogP contribution in [0, 0.1) is 5.92 Å². The van der Waals surface area contributed by atoms with E-state index >= 15 is 0 Å². The van der Waals surface area contributed by atoms with Crippen LogP contribution in [0.4, 0.5) is 0 Å². The highest BCUT2D eigenvalue weighted by atomic mass is 16.5. The lowest BCUT2D eigenvalue weighted by atomic mass is 9.74. The van der Waals surface area contributed by atoms with Gasteiger partial charge in [0.2, 0.25) is 0 Å². The van der Waals surface area contributed by atoms with E-state index in [2.05, 4.69) is 29.0 Å². The summed E-state index contributed by atoms with van der Waals surface area (Å²) >= 11 is 0. The first kappa shape index (κ1) is 19.8. The predicted molar refractivity (Wildman–Crippen MR) is 104 cm³/mol. The van der Waals surface area contributed by atoms with E-state index in [1.165, 1.54) is 12.7 Å². The van der Waals surface area contributed by atoms with E-state index in [1.54, 1.807) is 0 Å². The Morgan fingerprint density at radius 2 is 2.00 bits per heavy atom. The Morgan fingerprint density at radius 1 is 1.26 bits per heavy atom. The number of hydrogen-bond donors (Lipinski definition) is 1. The molecular formula is C23H30O4. The number of ether oxygens (including phenoxy) is 1. The van der Waals surface area contributed by atoms with Gasteiger partial charge in [0, 0.05) is 18.8 Å². The van der Waals surface area contributed by atoms with Crippen LogP contribution in [-0.4, -0.2) is 24.0 Å². The smallest absolute Gasteiger partial charge is 0.305 e. The number of hydrogen-bond acceptors (Lipinski definition) is 4. The number of ketones is 1. The van der Waals surface area contributed by atoms with Crippen LogP contribution in [-0.2, 0) is 19.9 Å². The van der Waals surface area contributed by atoms with E-state index in [4.69, 9.17) is 0 Å². The molecule has 0 radical (unpaired) electrons. The van der Waals surface area contributed by atoms with Crippen molar-refractivity contribution >= 4 is 11.8 Å². The van der Waals surface area contributed by atoms with Gasteiger partial charge in [-0.05, 0) is 62.0 Å². The summed E-state index contributed by atoms with van der Waals surface area (Å²) in [5.41, 5.74) is 1.58. The number of carbonyl (C=O) groups is 2. The fourth-order valence-electron chi connectivity index (χ4n) is 4.27. The van der Waals surface area contributed by atoms with Gasteiger partial charge in [0.05, 0.1) is 12.7 Å². The molecule has 2 fully saturated rings. The third kappa shape index (κ3) is 4.67. The summed E-state index contributed by atoms with van der Waals surface area (Å²) in [6, 6.07) is 8.28. The van der Waals surface area contributed by atoms with Gasteiger partial charge in [0.15, 0.2) is 0 Å². The molecule has 3 rings (SSSR count). The van der Waals surface area contributed by atoms with Crippen molar-refractivity contribution in [3.8, 4) is 0 Å². The molecule has 0 aromatic heterocycles. The number of benzene rings is 1. The molecular weight excluding hydrogens is 340 g/mol. The van der Waals surface area contributed by atoms with Crippen LogP contribution < -0.4 is 0 Å². The fraction of sp³-hybridized carbons (Fsp3) is 0.565. The minimum absolute atomic E-state index is 0.0412. The number of methoxy groups -OCH3 is 1. The number of rotatable bonds is 8. The maximum absolute atomic E-state index is 12.4. The molecule has 0 unspecified atom stereocenters. The largest absolute Gasteiger partial charge is 0.469 e. The predicted octanol–water partition coefficient (Wildman–Crippen LogP) is 4.41. The first-order chi connectivity index (χ1) is 13.0. The Labute approximate surface area is 161 Å². The van der Waals surface area contributed by atoms with Gasteiger partial charge in [-0.3, -0.25) is 9.59 Å². The van der Waals surface area contributed by atoms with E-state index in [1.807, 2.05) is 12.1 Å². The van der Waals surface area contributed by atoms with Crippen LogP contribution in [0.2, 0.25) is 0 Å². The molecule has 1 aromatic carbocycles. The van der Waals surface area contributed by atoms with E-state index in [-0.39, 0.29) is 17.8 Å². The average Bonchev–Trinajstić information content (AvgIpc) is 3.03. The fourth-order valence-corrected chi connectivity index (χ4v) is 4.27. The number of allylic oxidation sites excluding steroid dienone is 2. The summed E-state index contributed by atoms with van der Waals surface area (Å²) in [5.74, 6) is 0.479. The zero-order valence-electron chi connectivity index (χ0n) is 16.2. The molecule has 4 nitrogen and oxygen atoms in total. The van der Waals surface area contributed by atoms with Gasteiger partial charge in [-0.25, -0.2) is 0 Å². The van der Waals surface area contributed by atoms with Crippen molar-refractivity contribution < 1.29 is 19.4 Å². The van der Waals surface area contributed by atoms with E-state index in [0.29, 0.717) is 18.6 Å². The molecule has 0 aliphatic heterocycles. The van der Waals surface area contributed by atoms with Crippen molar-refractivity contribution in [3.05, 3.63) is 47.5 Å². The number of carbonyl (C=O) groups excluding carboxylic acids is 2. The summed E-state index contributed by atoms with van der Waals surface area (Å²) in [5, 5.41) is 10.5. The molecule has 4 heteroatoms. The molecule has 2 aliphatic rings. The number of Topliss-reactive ketones (excluding diaryl/α,β-unsaturated/α-hetero) is 1. The second-order valence-electron chi connectivity index (χ2n) is 7.90. The van der Waals surface area contributed by atoms with Gasteiger partial charge in [-0.2, -0.15) is 0 Å². The van der Waals surface area contributed by atoms with E-state index < -0.39 is 5.60 Å². The van der Waals surface area contributed by atoms with Gasteiger partial charge in [0.25, 0.3) is 0 Å².